The van der Waals surface area contributed by atoms with E-state index >= 15 is 0 Å². The van der Waals surface area contributed by atoms with Crippen molar-refractivity contribution in [2.45, 2.75) is 11.8 Å². The van der Waals surface area contributed by atoms with Gasteiger partial charge >= 0.3 is 0 Å². The van der Waals surface area contributed by atoms with Crippen molar-refractivity contribution in [2.24, 2.45) is 0 Å². The van der Waals surface area contributed by atoms with Gasteiger partial charge in [0.15, 0.2) is 5.78 Å². The molecular formula is C17H15ClOS. The van der Waals surface area contributed by atoms with Crippen LogP contribution < -0.4 is 0 Å². The van der Waals surface area contributed by atoms with Gasteiger partial charge in [-0.3, -0.25) is 4.79 Å². The van der Waals surface area contributed by atoms with Crippen molar-refractivity contribution >= 4 is 35.2 Å². The summed E-state index contributed by atoms with van der Waals surface area (Å²) in [5.74, 6) is 1.02. The fraction of sp³-hybridized carbons (Fsp3) is 0.118. The number of thioether (sulfide) groups is 1. The molecule has 102 valence electrons. The second-order valence-electron chi connectivity index (χ2n) is 4.21. The van der Waals surface area contributed by atoms with Gasteiger partial charge in [0.2, 0.25) is 0 Å². The molecule has 0 atom stereocenters. The predicted octanol–water partition coefficient (Wildman–Crippen LogP) is 5.35. The summed E-state index contributed by atoms with van der Waals surface area (Å²) in [7, 11) is 0. The first kappa shape index (κ1) is 14.9. The first-order valence-corrected chi connectivity index (χ1v) is 7.76. The minimum absolute atomic E-state index is 0.0421. The van der Waals surface area contributed by atoms with E-state index in [4.69, 9.17) is 11.6 Å². The van der Waals surface area contributed by atoms with Crippen molar-refractivity contribution in [3.63, 3.8) is 0 Å². The van der Waals surface area contributed by atoms with Crippen molar-refractivity contribution in [3.05, 3.63) is 70.8 Å². The molecule has 0 saturated heterocycles. The molecule has 0 saturated carbocycles. The second kappa shape index (κ2) is 7.32. The van der Waals surface area contributed by atoms with E-state index in [0.717, 1.165) is 11.3 Å². The van der Waals surface area contributed by atoms with Gasteiger partial charge < -0.3 is 0 Å². The lowest BCUT2D eigenvalue weighted by Gasteiger charge is -1.99. The number of hydrogen-bond acceptors (Lipinski definition) is 2. The number of hydrogen-bond donors (Lipinski definition) is 0. The van der Waals surface area contributed by atoms with E-state index < -0.39 is 0 Å². The Balaban J connectivity index is 2.07. The maximum Gasteiger partial charge on any atom is 0.185 e. The highest BCUT2D eigenvalue weighted by molar-refractivity contribution is 7.99. The first-order chi connectivity index (χ1) is 9.69. The third-order valence-electron chi connectivity index (χ3n) is 2.73. The Morgan fingerprint density at radius 3 is 2.60 bits per heavy atom. The zero-order valence-corrected chi connectivity index (χ0v) is 12.7. The number of allylic oxidation sites excluding steroid dienone is 1. The van der Waals surface area contributed by atoms with Gasteiger partial charge in [-0.15, -0.1) is 11.8 Å². The van der Waals surface area contributed by atoms with Crippen LogP contribution in [0.1, 0.15) is 22.8 Å². The molecule has 0 aliphatic carbocycles. The van der Waals surface area contributed by atoms with E-state index in [0.29, 0.717) is 10.6 Å². The van der Waals surface area contributed by atoms with Gasteiger partial charge in [-0.05, 0) is 41.7 Å². The van der Waals surface area contributed by atoms with Crippen molar-refractivity contribution in [1.82, 2.24) is 0 Å². The van der Waals surface area contributed by atoms with Crippen molar-refractivity contribution in [1.29, 1.82) is 0 Å². The molecule has 0 radical (unpaired) electrons. The van der Waals surface area contributed by atoms with Crippen LogP contribution in [0.25, 0.3) is 6.08 Å². The van der Waals surface area contributed by atoms with Gasteiger partial charge in [0.25, 0.3) is 0 Å². The van der Waals surface area contributed by atoms with Crippen molar-refractivity contribution < 1.29 is 4.79 Å². The number of carbonyl (C=O) groups excluding carboxylic acids is 1. The van der Waals surface area contributed by atoms with Crippen LogP contribution in [0.5, 0.6) is 0 Å². The minimum atomic E-state index is -0.0421. The van der Waals surface area contributed by atoms with Crippen LogP contribution in [-0.2, 0) is 0 Å². The van der Waals surface area contributed by atoms with Gasteiger partial charge in [0.05, 0.1) is 0 Å². The zero-order chi connectivity index (χ0) is 14.4. The fourth-order valence-electron chi connectivity index (χ4n) is 1.75. The van der Waals surface area contributed by atoms with Crippen LogP contribution in [0.3, 0.4) is 0 Å². The quantitative estimate of drug-likeness (QED) is 0.421. The molecule has 2 aromatic carbocycles. The molecule has 1 nitrogen and oxygen atoms in total. The predicted molar refractivity (Wildman–Crippen MR) is 87.7 cm³/mol. The summed E-state index contributed by atoms with van der Waals surface area (Å²) in [4.78, 5) is 13.2. The maximum absolute atomic E-state index is 12.0. The Kier molecular flexibility index (Phi) is 5.45. The largest absolute Gasteiger partial charge is 0.289 e. The highest BCUT2D eigenvalue weighted by Gasteiger charge is 2.01. The summed E-state index contributed by atoms with van der Waals surface area (Å²) < 4.78 is 0. The zero-order valence-electron chi connectivity index (χ0n) is 11.2. The van der Waals surface area contributed by atoms with E-state index in [1.807, 2.05) is 18.2 Å². The van der Waals surface area contributed by atoms with Crippen molar-refractivity contribution in [3.8, 4) is 0 Å². The summed E-state index contributed by atoms with van der Waals surface area (Å²) in [6.07, 6.45) is 3.40. The topological polar surface area (TPSA) is 17.1 Å². The third-order valence-corrected chi connectivity index (χ3v) is 3.86. The molecule has 0 N–H and O–H groups in total. The molecule has 0 aliphatic heterocycles. The van der Waals surface area contributed by atoms with Crippen molar-refractivity contribution in [2.75, 3.05) is 5.75 Å². The second-order valence-corrected chi connectivity index (χ2v) is 5.98. The molecule has 0 heterocycles. The summed E-state index contributed by atoms with van der Waals surface area (Å²) in [5, 5.41) is 0.574. The molecule has 0 aliphatic rings. The number of carbonyl (C=O) groups is 1. The van der Waals surface area contributed by atoms with E-state index in [1.165, 1.54) is 4.90 Å². The number of ketones is 1. The van der Waals surface area contributed by atoms with Crippen LogP contribution in [0.2, 0.25) is 5.02 Å². The Morgan fingerprint density at radius 1 is 1.20 bits per heavy atom. The van der Waals surface area contributed by atoms with Crippen LogP contribution in [0.4, 0.5) is 0 Å². The lowest BCUT2D eigenvalue weighted by Crippen LogP contribution is -1.93. The fourth-order valence-corrected chi connectivity index (χ4v) is 2.60. The Hall–Kier alpha value is -1.51. The van der Waals surface area contributed by atoms with Gasteiger partial charge in [-0.2, -0.15) is 0 Å². The van der Waals surface area contributed by atoms with Crippen LogP contribution in [0, 0.1) is 0 Å². The Morgan fingerprint density at radius 2 is 1.95 bits per heavy atom. The van der Waals surface area contributed by atoms with Crippen LogP contribution >= 0.6 is 23.4 Å². The van der Waals surface area contributed by atoms with Gasteiger partial charge in [0.1, 0.15) is 0 Å². The number of halogens is 1. The van der Waals surface area contributed by atoms with Crippen LogP contribution in [0.15, 0.2) is 59.5 Å². The molecule has 20 heavy (non-hydrogen) atoms. The molecule has 0 amide bonds. The Labute approximate surface area is 128 Å². The molecule has 0 fully saturated rings. The van der Waals surface area contributed by atoms with E-state index in [9.17, 15) is 4.79 Å². The van der Waals surface area contributed by atoms with Crippen LogP contribution in [-0.4, -0.2) is 11.5 Å². The summed E-state index contributed by atoms with van der Waals surface area (Å²) in [6.45, 7) is 2.13. The smallest absolute Gasteiger partial charge is 0.185 e. The molecule has 3 heteroatoms. The van der Waals surface area contributed by atoms with E-state index in [2.05, 4.69) is 19.1 Å². The minimum Gasteiger partial charge on any atom is -0.289 e. The molecule has 0 aromatic heterocycles. The highest BCUT2D eigenvalue weighted by Crippen LogP contribution is 2.18. The molecule has 2 aromatic rings. The summed E-state index contributed by atoms with van der Waals surface area (Å²) in [5.41, 5.74) is 1.62. The number of rotatable bonds is 5. The highest BCUT2D eigenvalue weighted by atomic mass is 35.5. The average Bonchev–Trinajstić information content (AvgIpc) is 2.46. The van der Waals surface area contributed by atoms with E-state index in [-0.39, 0.29) is 5.78 Å². The average molecular weight is 303 g/mol. The first-order valence-electron chi connectivity index (χ1n) is 6.40. The third kappa shape index (κ3) is 4.26. The standard InChI is InChI=1S/C17H15ClOS/c1-2-20-16-9-6-13(7-10-16)8-11-17(19)14-4-3-5-15(18)12-14/h3-12H,2H2,1H3. The van der Waals surface area contributed by atoms with Gasteiger partial charge in [-0.25, -0.2) is 0 Å². The Bertz CT molecular complexity index is 617. The molecule has 0 spiro atoms. The van der Waals surface area contributed by atoms with Gasteiger partial charge in [0, 0.05) is 15.5 Å². The molecule has 0 bridgehead atoms. The normalized spacial score (nSPS) is 10.9. The monoisotopic (exact) mass is 302 g/mol. The summed E-state index contributed by atoms with van der Waals surface area (Å²) >= 11 is 7.68. The number of benzene rings is 2. The van der Waals surface area contributed by atoms with E-state index in [1.54, 1.807) is 42.1 Å². The lowest BCUT2D eigenvalue weighted by atomic mass is 10.1. The summed E-state index contributed by atoms with van der Waals surface area (Å²) in [6, 6.07) is 15.1. The molecule has 0 unspecified atom stereocenters. The maximum atomic E-state index is 12.0. The lowest BCUT2D eigenvalue weighted by molar-refractivity contribution is 0.104. The van der Waals surface area contributed by atoms with Gasteiger partial charge in [-0.1, -0.05) is 48.9 Å². The molecular weight excluding hydrogens is 288 g/mol. The SMILES string of the molecule is CCSc1ccc(C=CC(=O)c2cccc(Cl)c2)cc1. The molecule has 2 rings (SSSR count).